The molecule has 0 spiro atoms. The van der Waals surface area contributed by atoms with Crippen LogP contribution in [-0.4, -0.2) is 16.8 Å². The zero-order chi connectivity index (χ0) is 12.8. The Morgan fingerprint density at radius 3 is 2.33 bits per heavy atom. The minimum absolute atomic E-state index is 0.0718. The van der Waals surface area contributed by atoms with Crippen LogP contribution in [0.2, 0.25) is 0 Å². The molecule has 94 valence electrons. The van der Waals surface area contributed by atoms with Gasteiger partial charge in [0.05, 0.1) is 6.61 Å². The first-order chi connectivity index (χ1) is 8.81. The molecule has 0 amide bonds. The number of ether oxygens (including phenoxy) is 1. The van der Waals surface area contributed by atoms with Crippen molar-refractivity contribution >= 4 is 0 Å². The van der Waals surface area contributed by atoms with Crippen LogP contribution in [0.1, 0.15) is 17.2 Å². The molecule has 0 aromatic heterocycles. The highest BCUT2D eigenvalue weighted by Crippen LogP contribution is 2.20. The average molecular weight is 244 g/mol. The van der Waals surface area contributed by atoms with E-state index in [1.54, 1.807) is 12.1 Å². The summed E-state index contributed by atoms with van der Waals surface area (Å²) < 4.78 is 5.53. The second-order valence-corrected chi connectivity index (χ2v) is 4.00. The second-order valence-electron chi connectivity index (χ2n) is 4.00. The van der Waals surface area contributed by atoms with Crippen LogP contribution in [0.4, 0.5) is 0 Å². The van der Waals surface area contributed by atoms with Crippen molar-refractivity contribution in [2.45, 2.75) is 12.7 Å². The number of hydrogen-bond acceptors (Lipinski definition) is 3. The van der Waals surface area contributed by atoms with Crippen molar-refractivity contribution in [3.63, 3.8) is 0 Å². The minimum atomic E-state index is -0.669. The monoisotopic (exact) mass is 244 g/mol. The number of hydrogen-bond donors (Lipinski definition) is 2. The third-order valence-electron chi connectivity index (χ3n) is 2.72. The normalized spacial score (nSPS) is 12.1. The van der Waals surface area contributed by atoms with Crippen molar-refractivity contribution < 1.29 is 14.9 Å². The fourth-order valence-corrected chi connectivity index (χ4v) is 1.72. The van der Waals surface area contributed by atoms with Crippen molar-refractivity contribution in [2.75, 3.05) is 6.61 Å². The lowest BCUT2D eigenvalue weighted by Crippen LogP contribution is -2.10. The number of benzene rings is 2. The van der Waals surface area contributed by atoms with Gasteiger partial charge in [-0.25, -0.2) is 0 Å². The van der Waals surface area contributed by atoms with E-state index in [2.05, 4.69) is 0 Å². The topological polar surface area (TPSA) is 49.7 Å². The molecule has 0 saturated carbocycles. The largest absolute Gasteiger partial charge is 0.490 e. The van der Waals surface area contributed by atoms with E-state index in [1.807, 2.05) is 42.5 Å². The van der Waals surface area contributed by atoms with Gasteiger partial charge in [-0.05, 0) is 11.6 Å². The first-order valence-corrected chi connectivity index (χ1v) is 5.86. The van der Waals surface area contributed by atoms with Crippen LogP contribution in [0.15, 0.2) is 54.6 Å². The Hall–Kier alpha value is -1.84. The highest BCUT2D eigenvalue weighted by atomic mass is 16.5. The van der Waals surface area contributed by atoms with Crippen molar-refractivity contribution in [1.82, 2.24) is 0 Å². The molecule has 1 unspecified atom stereocenters. The summed E-state index contributed by atoms with van der Waals surface area (Å²) in [5, 5.41) is 19.1. The molecule has 0 aliphatic rings. The van der Waals surface area contributed by atoms with E-state index in [1.165, 1.54) is 0 Å². The van der Waals surface area contributed by atoms with Crippen LogP contribution >= 0.6 is 0 Å². The first kappa shape index (κ1) is 12.6. The third-order valence-corrected chi connectivity index (χ3v) is 2.72. The van der Waals surface area contributed by atoms with E-state index < -0.39 is 6.10 Å². The van der Waals surface area contributed by atoms with E-state index >= 15 is 0 Å². The summed E-state index contributed by atoms with van der Waals surface area (Å²) in [6.45, 7) is 0.0959. The predicted molar refractivity (Wildman–Crippen MR) is 69.3 cm³/mol. The Morgan fingerprint density at radius 2 is 1.61 bits per heavy atom. The molecule has 1 atom stereocenters. The summed E-state index contributed by atoms with van der Waals surface area (Å²) >= 11 is 0. The summed E-state index contributed by atoms with van der Waals surface area (Å²) in [5.74, 6) is 0.606. The van der Waals surface area contributed by atoms with Gasteiger partial charge in [-0.15, -0.1) is 0 Å². The molecule has 2 N–H and O–H groups in total. The maximum atomic E-state index is 9.96. The van der Waals surface area contributed by atoms with Gasteiger partial charge >= 0.3 is 0 Å². The second kappa shape index (κ2) is 6.19. The number of para-hydroxylation sites is 1. The molecule has 0 fully saturated rings. The van der Waals surface area contributed by atoms with Gasteiger partial charge in [0.2, 0.25) is 0 Å². The molecule has 0 saturated heterocycles. The van der Waals surface area contributed by atoms with Gasteiger partial charge in [0.1, 0.15) is 18.5 Å². The minimum Gasteiger partial charge on any atom is -0.490 e. The number of rotatable bonds is 5. The van der Waals surface area contributed by atoms with Crippen molar-refractivity contribution in [3.05, 3.63) is 65.7 Å². The van der Waals surface area contributed by atoms with E-state index in [-0.39, 0.29) is 13.2 Å². The van der Waals surface area contributed by atoms with Gasteiger partial charge in [0.15, 0.2) is 0 Å². The molecule has 0 radical (unpaired) electrons. The van der Waals surface area contributed by atoms with Crippen LogP contribution < -0.4 is 4.74 Å². The molecular formula is C15H16O3. The Labute approximate surface area is 106 Å². The number of aliphatic hydroxyl groups excluding tert-OH is 2. The van der Waals surface area contributed by atoms with E-state index in [0.29, 0.717) is 5.75 Å². The van der Waals surface area contributed by atoms with Crippen molar-refractivity contribution in [3.8, 4) is 5.75 Å². The Balaban J connectivity index is 1.99. The SMILES string of the molecule is OCc1ccccc1OCC(O)c1ccccc1. The summed E-state index contributed by atoms with van der Waals surface area (Å²) in [5.41, 5.74) is 1.54. The Kier molecular flexibility index (Phi) is 4.34. The summed E-state index contributed by atoms with van der Waals surface area (Å²) in [7, 11) is 0. The number of aliphatic hydroxyl groups is 2. The lowest BCUT2D eigenvalue weighted by atomic mass is 10.1. The molecule has 3 heteroatoms. The standard InChI is InChI=1S/C15H16O3/c16-10-13-8-4-5-9-15(13)18-11-14(17)12-6-2-1-3-7-12/h1-9,14,16-17H,10-11H2. The van der Waals surface area contributed by atoms with E-state index in [9.17, 15) is 5.11 Å². The maximum absolute atomic E-state index is 9.96. The van der Waals surface area contributed by atoms with E-state index in [4.69, 9.17) is 9.84 Å². The van der Waals surface area contributed by atoms with E-state index in [0.717, 1.165) is 11.1 Å². The fourth-order valence-electron chi connectivity index (χ4n) is 1.72. The van der Waals surface area contributed by atoms with Crippen LogP contribution in [-0.2, 0) is 6.61 Å². The van der Waals surface area contributed by atoms with Gasteiger partial charge in [0, 0.05) is 5.56 Å². The molecule has 0 heterocycles. The van der Waals surface area contributed by atoms with Crippen LogP contribution in [0, 0.1) is 0 Å². The Bertz CT molecular complexity index is 482. The summed E-state index contributed by atoms with van der Waals surface area (Å²) in [4.78, 5) is 0. The molecule has 0 aliphatic carbocycles. The van der Waals surface area contributed by atoms with Gasteiger partial charge < -0.3 is 14.9 Å². The smallest absolute Gasteiger partial charge is 0.124 e. The molecule has 18 heavy (non-hydrogen) atoms. The highest BCUT2D eigenvalue weighted by Gasteiger charge is 2.09. The molecular weight excluding hydrogens is 228 g/mol. The van der Waals surface area contributed by atoms with Gasteiger partial charge in [-0.2, -0.15) is 0 Å². The molecule has 0 aliphatic heterocycles. The van der Waals surface area contributed by atoms with Crippen LogP contribution in [0.5, 0.6) is 5.75 Å². The summed E-state index contributed by atoms with van der Waals surface area (Å²) in [6.07, 6.45) is -0.669. The van der Waals surface area contributed by atoms with Crippen molar-refractivity contribution in [2.24, 2.45) is 0 Å². The lowest BCUT2D eigenvalue weighted by Gasteiger charge is -2.14. The molecule has 2 aromatic carbocycles. The van der Waals surface area contributed by atoms with Crippen LogP contribution in [0.25, 0.3) is 0 Å². The average Bonchev–Trinajstić information content (AvgIpc) is 2.46. The van der Waals surface area contributed by atoms with Gasteiger partial charge in [-0.3, -0.25) is 0 Å². The maximum Gasteiger partial charge on any atom is 0.124 e. The predicted octanol–water partition coefficient (Wildman–Crippen LogP) is 2.29. The quantitative estimate of drug-likeness (QED) is 0.848. The van der Waals surface area contributed by atoms with Crippen molar-refractivity contribution in [1.29, 1.82) is 0 Å². The van der Waals surface area contributed by atoms with Gasteiger partial charge in [-0.1, -0.05) is 48.5 Å². The fraction of sp³-hybridized carbons (Fsp3) is 0.200. The first-order valence-electron chi connectivity index (χ1n) is 5.86. The van der Waals surface area contributed by atoms with Gasteiger partial charge in [0.25, 0.3) is 0 Å². The summed E-state index contributed by atoms with van der Waals surface area (Å²) in [6, 6.07) is 16.6. The molecule has 0 bridgehead atoms. The highest BCUT2D eigenvalue weighted by molar-refractivity contribution is 5.32. The molecule has 2 aromatic rings. The zero-order valence-corrected chi connectivity index (χ0v) is 9.99. The molecule has 3 nitrogen and oxygen atoms in total. The zero-order valence-electron chi connectivity index (χ0n) is 9.99. The van der Waals surface area contributed by atoms with Crippen LogP contribution in [0.3, 0.4) is 0 Å². The Morgan fingerprint density at radius 1 is 0.944 bits per heavy atom. The molecule has 2 rings (SSSR count). The third kappa shape index (κ3) is 3.09. The lowest BCUT2D eigenvalue weighted by molar-refractivity contribution is 0.106.